The second kappa shape index (κ2) is 4.00. The molecule has 0 aromatic rings. The molecule has 15 heavy (non-hydrogen) atoms. The quantitative estimate of drug-likeness (QED) is 0.699. The number of hydrogen-bond donors (Lipinski definition) is 2. The molecule has 2 atom stereocenters. The summed E-state index contributed by atoms with van der Waals surface area (Å²) in [7, 11) is 0. The van der Waals surface area contributed by atoms with E-state index >= 15 is 0 Å². The molecule has 0 aliphatic heterocycles. The van der Waals surface area contributed by atoms with E-state index in [-0.39, 0.29) is 17.7 Å². The van der Waals surface area contributed by atoms with Crippen LogP contribution in [0.1, 0.15) is 47.0 Å². The summed E-state index contributed by atoms with van der Waals surface area (Å²) in [5, 5.41) is 2.88. The van der Waals surface area contributed by atoms with E-state index in [1.54, 1.807) is 0 Å². The van der Waals surface area contributed by atoms with E-state index < -0.39 is 5.60 Å². The van der Waals surface area contributed by atoms with Gasteiger partial charge in [-0.05, 0) is 47.0 Å². The molecular formula is C11H22N2O2. The van der Waals surface area contributed by atoms with Crippen LogP contribution in [-0.4, -0.2) is 23.3 Å². The molecule has 0 aromatic heterocycles. The lowest BCUT2D eigenvalue weighted by Crippen LogP contribution is -2.55. The molecule has 1 fully saturated rings. The molecular weight excluding hydrogens is 192 g/mol. The second-order valence-corrected chi connectivity index (χ2v) is 5.54. The van der Waals surface area contributed by atoms with Crippen LogP contribution >= 0.6 is 0 Å². The second-order valence-electron chi connectivity index (χ2n) is 5.54. The normalized spacial score (nSPS) is 31.4. The molecule has 3 N–H and O–H groups in total. The van der Waals surface area contributed by atoms with Crippen molar-refractivity contribution in [3.63, 3.8) is 0 Å². The van der Waals surface area contributed by atoms with Crippen molar-refractivity contribution in [3.05, 3.63) is 0 Å². The fraction of sp³-hybridized carbons (Fsp3) is 0.909. The van der Waals surface area contributed by atoms with Crippen LogP contribution < -0.4 is 11.1 Å². The van der Waals surface area contributed by atoms with Crippen LogP contribution in [-0.2, 0) is 4.74 Å². The molecule has 0 aromatic carbocycles. The predicted octanol–water partition coefficient (Wildman–Crippen LogP) is 1.78. The molecule has 0 saturated heterocycles. The predicted molar refractivity (Wildman–Crippen MR) is 59.6 cm³/mol. The third kappa shape index (κ3) is 3.38. The Kier molecular flexibility index (Phi) is 3.28. The van der Waals surface area contributed by atoms with Gasteiger partial charge in [0.2, 0.25) is 0 Å². The van der Waals surface area contributed by atoms with Gasteiger partial charge in [0.1, 0.15) is 5.60 Å². The molecule has 4 heteroatoms. The van der Waals surface area contributed by atoms with Crippen LogP contribution in [0.4, 0.5) is 4.79 Å². The monoisotopic (exact) mass is 214 g/mol. The third-order valence-corrected chi connectivity index (χ3v) is 2.82. The van der Waals surface area contributed by atoms with Crippen molar-refractivity contribution in [2.75, 3.05) is 0 Å². The third-order valence-electron chi connectivity index (χ3n) is 2.82. The van der Waals surface area contributed by atoms with Crippen molar-refractivity contribution in [1.29, 1.82) is 0 Å². The molecule has 1 aliphatic rings. The number of rotatable bonds is 1. The summed E-state index contributed by atoms with van der Waals surface area (Å²) in [6.07, 6.45) is 2.58. The first kappa shape index (κ1) is 12.3. The minimum atomic E-state index is -0.455. The van der Waals surface area contributed by atoms with Crippen molar-refractivity contribution < 1.29 is 9.53 Å². The summed E-state index contributed by atoms with van der Waals surface area (Å²) < 4.78 is 5.21. The summed E-state index contributed by atoms with van der Waals surface area (Å²) >= 11 is 0. The Hall–Kier alpha value is -0.770. The highest BCUT2D eigenvalue weighted by atomic mass is 16.6. The number of hydrogen-bond acceptors (Lipinski definition) is 3. The van der Waals surface area contributed by atoms with E-state index in [4.69, 9.17) is 10.5 Å². The van der Waals surface area contributed by atoms with Gasteiger partial charge < -0.3 is 15.8 Å². The number of carbonyl (C=O) groups excluding carboxylic acids is 1. The van der Waals surface area contributed by atoms with E-state index in [2.05, 4.69) is 5.32 Å². The standard InChI is InChI=1S/C11H22N2O2/c1-10(2,3)15-9(14)13-11(4)7-5-6-8(11)12/h8H,5-7,12H2,1-4H3,(H,13,14)/t8-,11+/m0/s1. The highest BCUT2D eigenvalue weighted by Crippen LogP contribution is 2.28. The van der Waals surface area contributed by atoms with Crippen LogP contribution in [0.25, 0.3) is 0 Å². The smallest absolute Gasteiger partial charge is 0.408 e. The fourth-order valence-electron chi connectivity index (χ4n) is 1.89. The van der Waals surface area contributed by atoms with E-state index in [1.165, 1.54) is 0 Å². The Morgan fingerprint density at radius 3 is 2.53 bits per heavy atom. The van der Waals surface area contributed by atoms with Gasteiger partial charge in [-0.25, -0.2) is 4.79 Å². The van der Waals surface area contributed by atoms with Crippen molar-refractivity contribution >= 4 is 6.09 Å². The zero-order valence-electron chi connectivity index (χ0n) is 10.1. The van der Waals surface area contributed by atoms with E-state index in [0.29, 0.717) is 0 Å². The molecule has 1 rings (SSSR count). The van der Waals surface area contributed by atoms with Gasteiger partial charge in [0.05, 0.1) is 5.54 Å². The van der Waals surface area contributed by atoms with Gasteiger partial charge in [0.25, 0.3) is 0 Å². The molecule has 0 heterocycles. The maximum atomic E-state index is 11.6. The van der Waals surface area contributed by atoms with E-state index in [9.17, 15) is 4.79 Å². The molecule has 1 amide bonds. The summed E-state index contributed by atoms with van der Waals surface area (Å²) in [5.41, 5.74) is 5.20. The molecule has 0 bridgehead atoms. The fourth-order valence-corrected chi connectivity index (χ4v) is 1.89. The average molecular weight is 214 g/mol. The first-order valence-electron chi connectivity index (χ1n) is 5.50. The first-order valence-corrected chi connectivity index (χ1v) is 5.50. The van der Waals surface area contributed by atoms with Crippen LogP contribution in [0.5, 0.6) is 0 Å². The van der Waals surface area contributed by atoms with Crippen LogP contribution in [0.2, 0.25) is 0 Å². The van der Waals surface area contributed by atoms with Crippen molar-refractivity contribution in [2.24, 2.45) is 5.73 Å². The molecule has 1 aliphatic carbocycles. The summed E-state index contributed by atoms with van der Waals surface area (Å²) in [5.74, 6) is 0. The summed E-state index contributed by atoms with van der Waals surface area (Å²) in [4.78, 5) is 11.6. The highest BCUT2D eigenvalue weighted by molar-refractivity contribution is 5.69. The lowest BCUT2D eigenvalue weighted by Gasteiger charge is -2.31. The SMILES string of the molecule is CC(C)(C)OC(=O)N[C@]1(C)CCC[C@@H]1N. The topological polar surface area (TPSA) is 64.3 Å². The summed E-state index contributed by atoms with van der Waals surface area (Å²) in [6, 6.07) is 0.0324. The van der Waals surface area contributed by atoms with Gasteiger partial charge in [-0.2, -0.15) is 0 Å². The maximum absolute atomic E-state index is 11.6. The molecule has 0 spiro atoms. The van der Waals surface area contributed by atoms with Crippen molar-refractivity contribution in [1.82, 2.24) is 5.32 Å². The lowest BCUT2D eigenvalue weighted by molar-refractivity contribution is 0.0457. The minimum Gasteiger partial charge on any atom is -0.444 e. The number of nitrogens with two attached hydrogens (primary N) is 1. The van der Waals surface area contributed by atoms with E-state index in [1.807, 2.05) is 27.7 Å². The molecule has 0 unspecified atom stereocenters. The Bertz CT molecular complexity index is 247. The molecule has 0 radical (unpaired) electrons. The van der Waals surface area contributed by atoms with Crippen molar-refractivity contribution in [3.8, 4) is 0 Å². The Morgan fingerprint density at radius 2 is 2.13 bits per heavy atom. The Labute approximate surface area is 91.5 Å². The van der Waals surface area contributed by atoms with Gasteiger partial charge >= 0.3 is 6.09 Å². The lowest BCUT2D eigenvalue weighted by atomic mass is 9.97. The zero-order valence-corrected chi connectivity index (χ0v) is 10.1. The van der Waals surface area contributed by atoms with Crippen LogP contribution in [0.3, 0.4) is 0 Å². The zero-order chi connectivity index (χ0) is 11.7. The number of ether oxygens (including phenoxy) is 1. The van der Waals surface area contributed by atoms with Gasteiger partial charge in [-0.15, -0.1) is 0 Å². The molecule has 4 nitrogen and oxygen atoms in total. The summed E-state index contributed by atoms with van der Waals surface area (Å²) in [6.45, 7) is 7.53. The number of alkyl carbamates (subject to hydrolysis) is 1. The average Bonchev–Trinajstić information content (AvgIpc) is 2.27. The van der Waals surface area contributed by atoms with Gasteiger partial charge in [-0.3, -0.25) is 0 Å². The largest absolute Gasteiger partial charge is 0.444 e. The van der Waals surface area contributed by atoms with E-state index in [0.717, 1.165) is 19.3 Å². The number of carbonyl (C=O) groups is 1. The Morgan fingerprint density at radius 1 is 1.53 bits per heavy atom. The number of amides is 1. The van der Waals surface area contributed by atoms with Crippen LogP contribution in [0.15, 0.2) is 0 Å². The van der Waals surface area contributed by atoms with Crippen molar-refractivity contribution in [2.45, 2.75) is 64.1 Å². The molecule has 1 saturated carbocycles. The van der Waals surface area contributed by atoms with Gasteiger partial charge in [0.15, 0.2) is 0 Å². The molecule has 88 valence electrons. The highest BCUT2D eigenvalue weighted by Gasteiger charge is 2.38. The van der Waals surface area contributed by atoms with Crippen LogP contribution in [0, 0.1) is 0 Å². The number of nitrogens with one attached hydrogen (secondary N) is 1. The maximum Gasteiger partial charge on any atom is 0.408 e. The minimum absolute atomic E-state index is 0.0324. The van der Waals surface area contributed by atoms with Gasteiger partial charge in [0, 0.05) is 6.04 Å². The van der Waals surface area contributed by atoms with Gasteiger partial charge in [-0.1, -0.05) is 0 Å². The first-order chi connectivity index (χ1) is 6.73. The Balaban J connectivity index is 2.51.